The molecule has 1 unspecified atom stereocenters. The van der Waals surface area contributed by atoms with Crippen molar-refractivity contribution >= 4 is 11.8 Å². The summed E-state index contributed by atoms with van der Waals surface area (Å²) in [6.07, 6.45) is 0. The molecule has 0 saturated carbocycles. The number of nitrogens with one attached hydrogen (secondary N) is 1. The maximum absolute atomic E-state index is 14.2. The van der Waals surface area contributed by atoms with Crippen LogP contribution >= 0.6 is 11.8 Å². The topological polar surface area (TPSA) is 12.0 Å². The molecule has 112 valence electrons. The minimum absolute atomic E-state index is 0.122. The van der Waals surface area contributed by atoms with Gasteiger partial charge in [-0.2, -0.15) is 0 Å². The fourth-order valence-electron chi connectivity index (χ4n) is 2.12. The first-order chi connectivity index (χ1) is 10.0. The summed E-state index contributed by atoms with van der Waals surface area (Å²) >= 11 is 1.58. The van der Waals surface area contributed by atoms with Gasteiger partial charge >= 0.3 is 0 Å². The molecule has 2 aromatic carbocycles. The number of hydrogen-bond donors (Lipinski definition) is 1. The molecule has 0 aliphatic heterocycles. The minimum atomic E-state index is -0.498. The number of hydrogen-bond acceptors (Lipinski definition) is 2. The molecule has 1 nitrogen and oxygen atoms in total. The van der Waals surface area contributed by atoms with Crippen LogP contribution in [-0.4, -0.2) is 12.8 Å². The normalized spacial score (nSPS) is 12.4. The zero-order valence-corrected chi connectivity index (χ0v) is 13.2. The smallest absolute Gasteiger partial charge is 0.133 e. The van der Waals surface area contributed by atoms with Crippen molar-refractivity contribution in [3.05, 3.63) is 64.7 Å². The molecule has 0 fully saturated rings. The molecule has 0 aliphatic carbocycles. The van der Waals surface area contributed by atoms with Crippen LogP contribution in [0.25, 0.3) is 0 Å². The van der Waals surface area contributed by atoms with Gasteiger partial charge < -0.3 is 5.32 Å². The number of halogens is 2. The van der Waals surface area contributed by atoms with Gasteiger partial charge in [-0.05, 0) is 44.7 Å². The predicted octanol–water partition coefficient (Wildman–Crippen LogP) is 4.63. The van der Waals surface area contributed by atoms with Crippen LogP contribution in [0.2, 0.25) is 0 Å². The Bertz CT molecular complexity index is 611. The number of aryl methyl sites for hydroxylation is 2. The second kappa shape index (κ2) is 7.05. The van der Waals surface area contributed by atoms with E-state index >= 15 is 0 Å². The van der Waals surface area contributed by atoms with Crippen molar-refractivity contribution in [1.82, 2.24) is 5.32 Å². The first-order valence-corrected chi connectivity index (χ1v) is 7.82. The summed E-state index contributed by atoms with van der Waals surface area (Å²) in [6, 6.07) is 10.5. The lowest BCUT2D eigenvalue weighted by Gasteiger charge is -2.18. The van der Waals surface area contributed by atoms with Crippen LogP contribution in [-0.2, 0) is 0 Å². The molecule has 1 N–H and O–H groups in total. The highest BCUT2D eigenvalue weighted by atomic mass is 32.2. The van der Waals surface area contributed by atoms with Crippen molar-refractivity contribution in [1.29, 1.82) is 0 Å². The van der Waals surface area contributed by atoms with Crippen molar-refractivity contribution < 1.29 is 8.78 Å². The fourth-order valence-corrected chi connectivity index (χ4v) is 3.14. The van der Waals surface area contributed by atoms with Crippen LogP contribution in [0.1, 0.15) is 22.7 Å². The average Bonchev–Trinajstić information content (AvgIpc) is 2.48. The third-order valence-corrected chi connectivity index (χ3v) is 4.56. The van der Waals surface area contributed by atoms with E-state index in [9.17, 15) is 8.78 Å². The highest BCUT2D eigenvalue weighted by Crippen LogP contribution is 2.29. The van der Waals surface area contributed by atoms with Crippen LogP contribution in [0.3, 0.4) is 0 Å². The van der Waals surface area contributed by atoms with Gasteiger partial charge in [-0.15, -0.1) is 11.8 Å². The predicted molar refractivity (Wildman–Crippen MR) is 84.8 cm³/mol. The zero-order chi connectivity index (χ0) is 15.4. The van der Waals surface area contributed by atoms with Gasteiger partial charge in [0.25, 0.3) is 0 Å². The summed E-state index contributed by atoms with van der Waals surface area (Å²) in [4.78, 5) is 1.09. The van der Waals surface area contributed by atoms with Crippen LogP contribution in [0, 0.1) is 25.5 Å². The summed E-state index contributed by atoms with van der Waals surface area (Å²) in [7, 11) is 1.72. The van der Waals surface area contributed by atoms with Gasteiger partial charge in [-0.1, -0.05) is 23.8 Å². The van der Waals surface area contributed by atoms with Crippen LogP contribution in [0.5, 0.6) is 0 Å². The van der Waals surface area contributed by atoms with Crippen LogP contribution in [0.15, 0.2) is 41.3 Å². The van der Waals surface area contributed by atoms with E-state index in [0.29, 0.717) is 11.3 Å². The number of rotatable bonds is 5. The first-order valence-electron chi connectivity index (χ1n) is 6.84. The molecule has 0 aromatic heterocycles. The van der Waals surface area contributed by atoms with E-state index in [4.69, 9.17) is 0 Å². The molecular weight excluding hydrogens is 288 g/mol. The van der Waals surface area contributed by atoms with Crippen molar-refractivity contribution in [3.63, 3.8) is 0 Å². The van der Waals surface area contributed by atoms with E-state index in [-0.39, 0.29) is 11.6 Å². The summed E-state index contributed by atoms with van der Waals surface area (Å²) < 4.78 is 28.1. The largest absolute Gasteiger partial charge is 0.312 e. The van der Waals surface area contributed by atoms with Crippen LogP contribution in [0.4, 0.5) is 8.78 Å². The van der Waals surface area contributed by atoms with Crippen molar-refractivity contribution in [2.24, 2.45) is 0 Å². The van der Waals surface area contributed by atoms with Gasteiger partial charge in [0.2, 0.25) is 0 Å². The Morgan fingerprint density at radius 2 is 1.71 bits per heavy atom. The van der Waals surface area contributed by atoms with Crippen molar-refractivity contribution in [3.8, 4) is 0 Å². The quantitative estimate of drug-likeness (QED) is 0.808. The third-order valence-electron chi connectivity index (χ3n) is 3.45. The number of benzene rings is 2. The summed E-state index contributed by atoms with van der Waals surface area (Å²) in [6.45, 7) is 3.68. The van der Waals surface area contributed by atoms with E-state index in [1.54, 1.807) is 25.7 Å². The second-order valence-corrected chi connectivity index (χ2v) is 6.15. The molecule has 0 saturated heterocycles. The van der Waals surface area contributed by atoms with E-state index in [0.717, 1.165) is 4.90 Å². The standard InChI is InChI=1S/C17H19F2NS/c1-11-4-7-13(8-5-11)21-10-15(20-3)16-14(18)9-6-12(2)17(16)19/h4-9,15,20H,10H2,1-3H3. The second-order valence-electron chi connectivity index (χ2n) is 5.06. The Kier molecular flexibility index (Phi) is 5.37. The first kappa shape index (κ1) is 16.0. The van der Waals surface area contributed by atoms with E-state index < -0.39 is 11.6 Å². The molecule has 2 rings (SSSR count). The third kappa shape index (κ3) is 3.83. The number of thioether (sulfide) groups is 1. The molecular formula is C17H19F2NS. The highest BCUT2D eigenvalue weighted by molar-refractivity contribution is 7.99. The highest BCUT2D eigenvalue weighted by Gasteiger charge is 2.20. The van der Waals surface area contributed by atoms with Gasteiger partial charge in [0.05, 0.1) is 0 Å². The molecule has 0 aliphatic rings. The molecule has 0 heterocycles. The minimum Gasteiger partial charge on any atom is -0.312 e. The Morgan fingerprint density at radius 1 is 1.05 bits per heavy atom. The lowest BCUT2D eigenvalue weighted by molar-refractivity contribution is 0.509. The Hall–Kier alpha value is -1.39. The maximum Gasteiger partial charge on any atom is 0.133 e. The molecule has 2 aromatic rings. The van der Waals surface area contributed by atoms with Gasteiger partial charge in [0.1, 0.15) is 11.6 Å². The lowest BCUT2D eigenvalue weighted by Crippen LogP contribution is -2.22. The molecule has 0 bridgehead atoms. The monoisotopic (exact) mass is 307 g/mol. The molecule has 0 amide bonds. The van der Waals surface area contributed by atoms with Gasteiger partial charge in [0.15, 0.2) is 0 Å². The van der Waals surface area contributed by atoms with E-state index in [2.05, 4.69) is 5.32 Å². The lowest BCUT2D eigenvalue weighted by atomic mass is 10.0. The van der Waals surface area contributed by atoms with E-state index in [1.165, 1.54) is 17.7 Å². The fraction of sp³-hybridized carbons (Fsp3) is 0.294. The molecule has 0 spiro atoms. The summed E-state index contributed by atoms with van der Waals surface area (Å²) in [5.74, 6) is -0.391. The molecule has 4 heteroatoms. The van der Waals surface area contributed by atoms with Gasteiger partial charge in [0, 0.05) is 22.3 Å². The van der Waals surface area contributed by atoms with Gasteiger partial charge in [-0.3, -0.25) is 0 Å². The summed E-state index contributed by atoms with van der Waals surface area (Å²) in [5, 5.41) is 3.01. The molecule has 1 atom stereocenters. The Morgan fingerprint density at radius 3 is 2.33 bits per heavy atom. The van der Waals surface area contributed by atoms with Crippen molar-refractivity contribution in [2.75, 3.05) is 12.8 Å². The van der Waals surface area contributed by atoms with Crippen molar-refractivity contribution in [2.45, 2.75) is 24.8 Å². The maximum atomic E-state index is 14.2. The Balaban J connectivity index is 2.17. The Labute approximate surface area is 128 Å². The van der Waals surface area contributed by atoms with E-state index in [1.807, 2.05) is 31.2 Å². The summed E-state index contributed by atoms with van der Waals surface area (Å²) in [5.41, 5.74) is 1.78. The zero-order valence-electron chi connectivity index (χ0n) is 12.4. The van der Waals surface area contributed by atoms with Gasteiger partial charge in [-0.25, -0.2) is 8.78 Å². The van der Waals surface area contributed by atoms with Crippen LogP contribution < -0.4 is 5.32 Å². The molecule has 21 heavy (non-hydrogen) atoms. The SMILES string of the molecule is CNC(CSc1ccc(C)cc1)c1c(F)ccc(C)c1F. The molecule has 0 radical (unpaired) electrons. The average molecular weight is 307 g/mol.